The molecule has 13 nitrogen and oxygen atoms in total. The molecule has 1 aliphatic rings. The minimum absolute atomic E-state index is 0.0320. The second kappa shape index (κ2) is 9.97. The number of nitrogens with zero attached hydrogens (tertiary/aromatic N) is 5. The number of hydrogen-bond acceptors (Lipinski definition) is 10. The van der Waals surface area contributed by atoms with Crippen molar-refractivity contribution >= 4 is 35.4 Å². The predicted octanol–water partition coefficient (Wildman–Crippen LogP) is 1.19. The van der Waals surface area contributed by atoms with Crippen molar-refractivity contribution in [2.45, 2.75) is 41.8 Å². The fraction of sp³-hybridized carbons (Fsp3) is 0.412. The van der Waals surface area contributed by atoms with Crippen LogP contribution in [0.5, 0.6) is 0 Å². The van der Waals surface area contributed by atoms with Gasteiger partial charge >= 0.3 is 12.0 Å². The first kappa shape index (κ1) is 22.1. The summed E-state index contributed by atoms with van der Waals surface area (Å²) in [5, 5.41) is 27.3. The zero-order chi connectivity index (χ0) is 22.4. The fourth-order valence-electron chi connectivity index (χ4n) is 2.95. The number of esters is 1. The van der Waals surface area contributed by atoms with Crippen LogP contribution in [-0.2, 0) is 16.6 Å². The number of aryl methyl sites for hydroxylation is 1. The molecule has 2 N–H and O–H groups in total. The van der Waals surface area contributed by atoms with Gasteiger partial charge in [-0.1, -0.05) is 12.8 Å². The van der Waals surface area contributed by atoms with Gasteiger partial charge in [0.1, 0.15) is 0 Å². The van der Waals surface area contributed by atoms with Crippen molar-refractivity contribution in [2.75, 3.05) is 6.61 Å². The Morgan fingerprint density at radius 2 is 2.06 bits per heavy atom. The van der Waals surface area contributed by atoms with Crippen LogP contribution in [0.25, 0.3) is 0 Å². The van der Waals surface area contributed by atoms with Crippen LogP contribution in [-0.4, -0.2) is 55.7 Å². The molecule has 3 rings (SSSR count). The Morgan fingerprint density at radius 3 is 2.71 bits per heavy atom. The number of nitrogens with one attached hydrogen (secondary N) is 2. The molecule has 0 unspecified atom stereocenters. The van der Waals surface area contributed by atoms with Crippen molar-refractivity contribution < 1.29 is 24.0 Å². The molecule has 1 aromatic carbocycles. The summed E-state index contributed by atoms with van der Waals surface area (Å²) in [5.41, 5.74) is -0.460. The Hall–Kier alpha value is -3.55. The van der Waals surface area contributed by atoms with Gasteiger partial charge in [-0.2, -0.15) is 0 Å². The second-order valence-corrected chi connectivity index (χ2v) is 7.71. The van der Waals surface area contributed by atoms with Crippen molar-refractivity contribution in [1.29, 1.82) is 0 Å². The lowest BCUT2D eigenvalue weighted by molar-refractivity contribution is -0.387. The van der Waals surface area contributed by atoms with Crippen LogP contribution in [0.2, 0.25) is 0 Å². The monoisotopic (exact) mass is 449 g/mol. The number of rotatable bonds is 7. The lowest BCUT2D eigenvalue weighted by atomic mass is 10.2. The number of benzene rings is 1. The largest absolute Gasteiger partial charge is 0.452 e. The number of aromatic nitrogens is 4. The second-order valence-electron chi connectivity index (χ2n) is 6.71. The molecular weight excluding hydrogens is 430 g/mol. The Morgan fingerprint density at radius 1 is 1.32 bits per heavy atom. The maximum Gasteiger partial charge on any atom is 0.338 e. The minimum Gasteiger partial charge on any atom is -0.452 e. The van der Waals surface area contributed by atoms with Gasteiger partial charge < -0.3 is 10.1 Å². The number of hydrogen-bond donors (Lipinski definition) is 2. The fourth-order valence-corrected chi connectivity index (χ4v) is 3.76. The summed E-state index contributed by atoms with van der Waals surface area (Å²) in [6.07, 6.45) is 3.76. The molecule has 14 heteroatoms. The van der Waals surface area contributed by atoms with E-state index in [2.05, 4.69) is 26.2 Å². The predicted molar refractivity (Wildman–Crippen MR) is 105 cm³/mol. The molecule has 3 amide bonds. The van der Waals surface area contributed by atoms with E-state index in [0.29, 0.717) is 5.16 Å². The highest BCUT2D eigenvalue weighted by Crippen LogP contribution is 2.34. The number of ether oxygens (including phenoxy) is 1. The molecule has 0 spiro atoms. The van der Waals surface area contributed by atoms with E-state index in [9.17, 15) is 24.5 Å². The number of urea groups is 1. The SMILES string of the molecule is Cn1nnnc1Sc1ccc(C(=O)OCC(=O)NC(=O)NC2CCCC2)cc1[N+](=O)[O-]. The van der Waals surface area contributed by atoms with E-state index in [0.717, 1.165) is 43.5 Å². The van der Waals surface area contributed by atoms with Crippen molar-refractivity contribution in [3.05, 3.63) is 33.9 Å². The van der Waals surface area contributed by atoms with Gasteiger partial charge in [-0.15, -0.1) is 5.10 Å². The first-order chi connectivity index (χ1) is 14.8. The topological polar surface area (TPSA) is 171 Å². The number of tetrazole rings is 1. The van der Waals surface area contributed by atoms with Crippen LogP contribution in [0.15, 0.2) is 28.3 Å². The van der Waals surface area contributed by atoms with E-state index in [1.54, 1.807) is 7.05 Å². The normalized spacial score (nSPS) is 13.6. The van der Waals surface area contributed by atoms with Gasteiger partial charge in [-0.3, -0.25) is 20.2 Å². The Kier molecular flexibility index (Phi) is 7.12. The van der Waals surface area contributed by atoms with Gasteiger partial charge in [-0.05, 0) is 47.2 Å². The Balaban J connectivity index is 1.57. The number of imide groups is 1. The van der Waals surface area contributed by atoms with Crippen LogP contribution in [0.1, 0.15) is 36.0 Å². The maximum absolute atomic E-state index is 12.2. The number of nitro benzene ring substituents is 1. The summed E-state index contributed by atoms with van der Waals surface area (Å²) in [6.45, 7) is -0.703. The molecule has 0 atom stereocenters. The molecule has 164 valence electrons. The molecular formula is C17H19N7O6S. The van der Waals surface area contributed by atoms with Gasteiger partial charge in [0.25, 0.3) is 11.6 Å². The van der Waals surface area contributed by atoms with Gasteiger partial charge in [-0.25, -0.2) is 14.3 Å². The highest BCUT2D eigenvalue weighted by molar-refractivity contribution is 7.99. The summed E-state index contributed by atoms with van der Waals surface area (Å²) in [6, 6.07) is 3.11. The van der Waals surface area contributed by atoms with E-state index in [4.69, 9.17) is 4.74 Å². The summed E-state index contributed by atoms with van der Waals surface area (Å²) < 4.78 is 6.21. The van der Waals surface area contributed by atoms with Crippen LogP contribution in [0, 0.1) is 10.1 Å². The van der Waals surface area contributed by atoms with Crippen LogP contribution in [0.3, 0.4) is 0 Å². The number of carbonyl (C=O) groups is 3. The summed E-state index contributed by atoms with van der Waals surface area (Å²) in [5.74, 6) is -1.74. The van der Waals surface area contributed by atoms with Gasteiger partial charge in [0, 0.05) is 19.2 Å². The van der Waals surface area contributed by atoms with E-state index >= 15 is 0 Å². The third kappa shape index (κ3) is 5.97. The molecule has 1 saturated carbocycles. The molecule has 1 aliphatic carbocycles. The summed E-state index contributed by atoms with van der Waals surface area (Å²) in [7, 11) is 1.58. The van der Waals surface area contributed by atoms with Crippen molar-refractivity contribution in [1.82, 2.24) is 30.8 Å². The summed E-state index contributed by atoms with van der Waals surface area (Å²) >= 11 is 0.959. The highest BCUT2D eigenvalue weighted by atomic mass is 32.2. The van der Waals surface area contributed by atoms with Gasteiger partial charge in [0.2, 0.25) is 5.16 Å². The average molecular weight is 449 g/mol. The van der Waals surface area contributed by atoms with E-state index in [-0.39, 0.29) is 22.2 Å². The molecule has 0 radical (unpaired) electrons. The maximum atomic E-state index is 12.2. The molecule has 1 heterocycles. The van der Waals surface area contributed by atoms with Gasteiger partial charge in [0.15, 0.2) is 6.61 Å². The first-order valence-electron chi connectivity index (χ1n) is 9.29. The summed E-state index contributed by atoms with van der Waals surface area (Å²) in [4.78, 5) is 46.8. The van der Waals surface area contributed by atoms with Gasteiger partial charge in [0.05, 0.1) is 15.4 Å². The quantitative estimate of drug-likeness (QED) is 0.355. The van der Waals surface area contributed by atoms with E-state index in [1.807, 2.05) is 0 Å². The molecule has 0 bridgehead atoms. The molecule has 1 aromatic heterocycles. The molecule has 0 saturated heterocycles. The Labute approximate surface area is 180 Å². The number of amides is 3. The Bertz CT molecular complexity index is 1000. The van der Waals surface area contributed by atoms with Crippen molar-refractivity contribution in [3.63, 3.8) is 0 Å². The molecule has 0 aliphatic heterocycles. The zero-order valence-electron chi connectivity index (χ0n) is 16.4. The molecule has 2 aromatic rings. The van der Waals surface area contributed by atoms with E-state index < -0.39 is 29.4 Å². The lowest BCUT2D eigenvalue weighted by Gasteiger charge is -2.12. The average Bonchev–Trinajstić information content (AvgIpc) is 3.38. The minimum atomic E-state index is -0.939. The third-order valence-corrected chi connectivity index (χ3v) is 5.55. The van der Waals surface area contributed by atoms with Crippen LogP contribution in [0.4, 0.5) is 10.5 Å². The van der Waals surface area contributed by atoms with Crippen LogP contribution < -0.4 is 10.6 Å². The lowest BCUT2D eigenvalue weighted by Crippen LogP contribution is -2.44. The van der Waals surface area contributed by atoms with Crippen LogP contribution >= 0.6 is 11.8 Å². The van der Waals surface area contributed by atoms with E-state index in [1.165, 1.54) is 16.8 Å². The van der Waals surface area contributed by atoms with Crippen molar-refractivity contribution in [3.8, 4) is 0 Å². The first-order valence-corrected chi connectivity index (χ1v) is 10.1. The van der Waals surface area contributed by atoms with Crippen molar-refractivity contribution in [2.24, 2.45) is 7.05 Å². The number of nitro groups is 1. The molecule has 1 fully saturated rings. The standard InChI is InChI=1S/C17H19N7O6S/c1-23-17(20-21-22-23)31-13-7-6-10(8-12(13)24(28)29)15(26)30-9-14(25)19-16(27)18-11-4-2-3-5-11/h6-8,11H,2-5,9H2,1H3,(H2,18,19,25,27). The highest BCUT2D eigenvalue weighted by Gasteiger charge is 2.22. The number of carbonyl (C=O) groups excluding carboxylic acids is 3. The smallest absolute Gasteiger partial charge is 0.338 e. The molecule has 31 heavy (non-hydrogen) atoms. The zero-order valence-corrected chi connectivity index (χ0v) is 17.3. The third-order valence-electron chi connectivity index (χ3n) is 4.45.